The lowest BCUT2D eigenvalue weighted by molar-refractivity contribution is 0.102. The van der Waals surface area contributed by atoms with Gasteiger partial charge in [-0.1, -0.05) is 17.7 Å². The molecule has 2 N–H and O–H groups in total. The molecule has 18 heavy (non-hydrogen) atoms. The first kappa shape index (κ1) is 15.2. The first-order valence-electron chi connectivity index (χ1n) is 5.93. The predicted octanol–water partition coefficient (Wildman–Crippen LogP) is 1.88. The van der Waals surface area contributed by atoms with Crippen LogP contribution < -0.4 is 0 Å². The minimum absolute atomic E-state index is 0.0835. The Balaban J connectivity index is 2.67. The van der Waals surface area contributed by atoms with Crippen LogP contribution in [0.3, 0.4) is 0 Å². The van der Waals surface area contributed by atoms with Crippen molar-refractivity contribution >= 4 is 17.5 Å². The summed E-state index contributed by atoms with van der Waals surface area (Å²) in [4.78, 5) is 12.1. The molecule has 0 amide bonds. The van der Waals surface area contributed by atoms with Crippen LogP contribution in [-0.2, 0) is 0 Å². The topological polar surface area (TPSA) is 57.5 Å². The van der Waals surface area contributed by atoms with Crippen LogP contribution in [0.2, 0.25) is 0 Å². The molecule has 1 atom stereocenters. The van der Waals surface area contributed by atoms with Crippen molar-refractivity contribution in [2.45, 2.75) is 26.9 Å². The lowest BCUT2D eigenvalue weighted by atomic mass is 9.97. The Kier molecular flexibility index (Phi) is 5.85. The molecule has 0 spiro atoms. The Bertz CT molecular complexity index is 406. The average molecular weight is 268 g/mol. The molecule has 0 aliphatic carbocycles. The number of Topliss-reactive ketones (excluding diaryl/α,β-unsaturated/α-hetero) is 1. The minimum atomic E-state index is -0.747. The van der Waals surface area contributed by atoms with Gasteiger partial charge in [-0.25, -0.2) is 0 Å². The van der Waals surface area contributed by atoms with E-state index in [9.17, 15) is 9.90 Å². The zero-order valence-electron chi connectivity index (χ0n) is 11.1. The highest BCUT2D eigenvalue weighted by molar-refractivity contribution is 8.00. The van der Waals surface area contributed by atoms with Gasteiger partial charge >= 0.3 is 0 Å². The Morgan fingerprint density at radius 1 is 1.28 bits per heavy atom. The maximum Gasteiger partial charge on any atom is 0.173 e. The van der Waals surface area contributed by atoms with Crippen LogP contribution in [0.15, 0.2) is 12.1 Å². The molecule has 4 heteroatoms. The highest BCUT2D eigenvalue weighted by atomic mass is 32.2. The molecular formula is C14H20O3S. The summed E-state index contributed by atoms with van der Waals surface area (Å²) < 4.78 is 0. The van der Waals surface area contributed by atoms with Crippen LogP contribution in [0.25, 0.3) is 0 Å². The van der Waals surface area contributed by atoms with Crippen molar-refractivity contribution in [3.05, 3.63) is 34.4 Å². The number of benzene rings is 1. The fourth-order valence-corrected chi connectivity index (χ4v) is 2.86. The van der Waals surface area contributed by atoms with E-state index >= 15 is 0 Å². The number of thioether (sulfide) groups is 1. The SMILES string of the molecule is Cc1cc(C)c(C(=O)CSCC(O)CO)c(C)c1. The molecule has 1 unspecified atom stereocenters. The Labute approximate surface area is 112 Å². The van der Waals surface area contributed by atoms with E-state index < -0.39 is 6.10 Å². The van der Waals surface area contributed by atoms with E-state index in [2.05, 4.69) is 0 Å². The number of hydrogen-bond donors (Lipinski definition) is 2. The third-order valence-electron chi connectivity index (χ3n) is 2.71. The fourth-order valence-electron chi connectivity index (χ4n) is 2.03. The summed E-state index contributed by atoms with van der Waals surface area (Å²) >= 11 is 1.35. The molecule has 0 aliphatic rings. The van der Waals surface area contributed by atoms with Gasteiger partial charge in [-0.3, -0.25) is 4.79 Å². The molecule has 0 aromatic heterocycles. The van der Waals surface area contributed by atoms with E-state index in [0.29, 0.717) is 11.5 Å². The summed E-state index contributed by atoms with van der Waals surface area (Å²) in [6, 6.07) is 4.01. The van der Waals surface area contributed by atoms with Crippen molar-refractivity contribution in [2.24, 2.45) is 0 Å². The predicted molar refractivity (Wildman–Crippen MR) is 75.4 cm³/mol. The van der Waals surface area contributed by atoms with Gasteiger partial charge in [-0.2, -0.15) is 11.8 Å². The molecule has 1 rings (SSSR count). The number of hydrogen-bond acceptors (Lipinski definition) is 4. The van der Waals surface area contributed by atoms with Gasteiger partial charge < -0.3 is 10.2 Å². The number of rotatable bonds is 6. The van der Waals surface area contributed by atoms with Crippen LogP contribution in [0.5, 0.6) is 0 Å². The monoisotopic (exact) mass is 268 g/mol. The van der Waals surface area contributed by atoms with Crippen LogP contribution in [0.4, 0.5) is 0 Å². The lowest BCUT2D eigenvalue weighted by Crippen LogP contribution is -2.16. The number of aliphatic hydroxyl groups is 2. The smallest absolute Gasteiger partial charge is 0.173 e. The molecule has 0 aliphatic heterocycles. The molecular weight excluding hydrogens is 248 g/mol. The fraction of sp³-hybridized carbons (Fsp3) is 0.500. The van der Waals surface area contributed by atoms with E-state index in [0.717, 1.165) is 22.3 Å². The summed E-state index contributed by atoms with van der Waals surface area (Å²) in [6.07, 6.45) is -0.747. The second-order valence-corrected chi connectivity index (χ2v) is 5.58. The van der Waals surface area contributed by atoms with Crippen molar-refractivity contribution < 1.29 is 15.0 Å². The Hall–Kier alpha value is -0.840. The number of carbonyl (C=O) groups is 1. The van der Waals surface area contributed by atoms with Gasteiger partial charge in [0.05, 0.1) is 18.5 Å². The van der Waals surface area contributed by atoms with E-state index in [1.165, 1.54) is 11.8 Å². The third-order valence-corrected chi connectivity index (χ3v) is 3.80. The van der Waals surface area contributed by atoms with Crippen LogP contribution >= 0.6 is 11.8 Å². The van der Waals surface area contributed by atoms with Crippen molar-refractivity contribution in [3.8, 4) is 0 Å². The molecule has 1 aromatic rings. The highest BCUT2D eigenvalue weighted by Crippen LogP contribution is 2.19. The Morgan fingerprint density at radius 3 is 2.33 bits per heavy atom. The maximum atomic E-state index is 12.1. The largest absolute Gasteiger partial charge is 0.394 e. The van der Waals surface area contributed by atoms with E-state index in [4.69, 9.17) is 5.11 Å². The van der Waals surface area contributed by atoms with Crippen molar-refractivity contribution in [1.82, 2.24) is 0 Å². The Morgan fingerprint density at radius 2 is 1.83 bits per heavy atom. The summed E-state index contributed by atoms with van der Waals surface area (Å²) in [5.41, 5.74) is 3.94. The average Bonchev–Trinajstić information content (AvgIpc) is 2.27. The zero-order valence-corrected chi connectivity index (χ0v) is 11.9. The second kappa shape index (κ2) is 6.92. The number of ketones is 1. The van der Waals surface area contributed by atoms with Crippen molar-refractivity contribution in [1.29, 1.82) is 0 Å². The first-order chi connectivity index (χ1) is 8.45. The summed E-state index contributed by atoms with van der Waals surface area (Å²) in [7, 11) is 0. The molecule has 1 aromatic carbocycles. The molecule has 3 nitrogen and oxygen atoms in total. The van der Waals surface area contributed by atoms with Crippen molar-refractivity contribution in [2.75, 3.05) is 18.1 Å². The molecule has 0 saturated carbocycles. The van der Waals surface area contributed by atoms with Gasteiger partial charge in [0, 0.05) is 11.3 Å². The summed E-state index contributed by atoms with van der Waals surface area (Å²) in [5.74, 6) is 0.800. The molecule has 0 fully saturated rings. The number of aliphatic hydroxyl groups excluding tert-OH is 2. The van der Waals surface area contributed by atoms with E-state index in [-0.39, 0.29) is 12.4 Å². The van der Waals surface area contributed by atoms with E-state index in [1.54, 1.807) is 0 Å². The molecule has 100 valence electrons. The maximum absolute atomic E-state index is 12.1. The van der Waals surface area contributed by atoms with Gasteiger partial charge in [0.2, 0.25) is 0 Å². The minimum Gasteiger partial charge on any atom is -0.394 e. The molecule has 0 radical (unpaired) electrons. The van der Waals surface area contributed by atoms with Crippen molar-refractivity contribution in [3.63, 3.8) is 0 Å². The van der Waals surface area contributed by atoms with Gasteiger partial charge in [0.15, 0.2) is 5.78 Å². The molecule has 0 bridgehead atoms. The highest BCUT2D eigenvalue weighted by Gasteiger charge is 2.13. The van der Waals surface area contributed by atoms with Gasteiger partial charge in [0.1, 0.15) is 0 Å². The number of carbonyl (C=O) groups excluding carboxylic acids is 1. The molecule has 0 heterocycles. The van der Waals surface area contributed by atoms with Crippen LogP contribution in [0.1, 0.15) is 27.0 Å². The quantitative estimate of drug-likeness (QED) is 0.774. The van der Waals surface area contributed by atoms with Gasteiger partial charge in [-0.05, 0) is 31.9 Å². The third kappa shape index (κ3) is 4.12. The van der Waals surface area contributed by atoms with Crippen LogP contribution in [-0.4, -0.2) is 40.2 Å². The van der Waals surface area contributed by atoms with Gasteiger partial charge in [-0.15, -0.1) is 0 Å². The van der Waals surface area contributed by atoms with E-state index in [1.807, 2.05) is 32.9 Å². The first-order valence-corrected chi connectivity index (χ1v) is 7.09. The molecule has 0 saturated heterocycles. The zero-order chi connectivity index (χ0) is 13.7. The van der Waals surface area contributed by atoms with Crippen LogP contribution in [0, 0.1) is 20.8 Å². The summed E-state index contributed by atoms with van der Waals surface area (Å²) in [5, 5.41) is 17.9. The summed E-state index contributed by atoms with van der Waals surface area (Å²) in [6.45, 7) is 5.64. The lowest BCUT2D eigenvalue weighted by Gasteiger charge is -2.11. The normalized spacial score (nSPS) is 12.5. The number of aryl methyl sites for hydroxylation is 3. The second-order valence-electron chi connectivity index (χ2n) is 4.55. The van der Waals surface area contributed by atoms with Gasteiger partial charge in [0.25, 0.3) is 0 Å². The standard InChI is InChI=1S/C14H20O3S/c1-9-4-10(2)14(11(3)5-9)13(17)8-18-7-12(16)6-15/h4-5,12,15-16H,6-8H2,1-3H3.